The largest absolute Gasteiger partial charge is 0.356 e. The molecule has 0 aromatic rings. The molecule has 3 nitrogen and oxygen atoms in total. The van der Waals surface area contributed by atoms with E-state index in [2.05, 4.69) is 43.3 Å². The zero-order chi connectivity index (χ0) is 11.3. The smallest absolute Gasteiger partial charge is 0.191 e. The normalized spacial score (nSPS) is 16.2. The van der Waals surface area contributed by atoms with Crippen LogP contribution in [-0.2, 0) is 0 Å². The standard InChI is InChI=1S/C12H25N3.HI/c1-10(2)8-12(3,4)9-15-11-13-6-5-7-14-11;/h10H,5-9H2,1-4H3,(H2,13,14,15);1H. The lowest BCUT2D eigenvalue weighted by atomic mass is 9.84. The van der Waals surface area contributed by atoms with E-state index < -0.39 is 0 Å². The molecule has 1 heterocycles. The van der Waals surface area contributed by atoms with Crippen LogP contribution in [0.15, 0.2) is 4.99 Å². The monoisotopic (exact) mass is 339 g/mol. The molecule has 0 radical (unpaired) electrons. The lowest BCUT2D eigenvalue weighted by Crippen LogP contribution is -2.44. The van der Waals surface area contributed by atoms with Crippen LogP contribution in [0.5, 0.6) is 0 Å². The molecule has 0 amide bonds. The SMILES string of the molecule is CC(C)CC(C)(C)CNC1=NCCCN1.I. The lowest BCUT2D eigenvalue weighted by molar-refractivity contribution is 0.286. The van der Waals surface area contributed by atoms with Gasteiger partial charge in [0.15, 0.2) is 5.96 Å². The molecule has 4 heteroatoms. The Bertz CT molecular complexity index is 224. The number of hydrogen-bond acceptors (Lipinski definition) is 3. The van der Waals surface area contributed by atoms with Crippen LogP contribution in [-0.4, -0.2) is 25.6 Å². The number of hydrogen-bond donors (Lipinski definition) is 2. The number of rotatable bonds is 4. The summed E-state index contributed by atoms with van der Waals surface area (Å²) in [4.78, 5) is 4.41. The molecule has 96 valence electrons. The Labute approximate surface area is 117 Å². The predicted molar refractivity (Wildman–Crippen MR) is 81.6 cm³/mol. The van der Waals surface area contributed by atoms with Crippen molar-refractivity contribution in [3.63, 3.8) is 0 Å². The third-order valence-corrected chi connectivity index (χ3v) is 2.59. The average molecular weight is 339 g/mol. The topological polar surface area (TPSA) is 36.4 Å². The quantitative estimate of drug-likeness (QED) is 0.773. The van der Waals surface area contributed by atoms with Crippen LogP contribution in [0, 0.1) is 11.3 Å². The average Bonchev–Trinajstić information content (AvgIpc) is 2.15. The van der Waals surface area contributed by atoms with Gasteiger partial charge in [-0.2, -0.15) is 0 Å². The molecule has 1 aliphatic rings. The molecule has 0 aromatic carbocycles. The molecular weight excluding hydrogens is 313 g/mol. The Kier molecular flexibility index (Phi) is 7.35. The Balaban J connectivity index is 0.00000225. The first-order chi connectivity index (χ1) is 6.99. The molecule has 2 N–H and O–H groups in total. The van der Waals surface area contributed by atoms with Crippen LogP contribution in [0.2, 0.25) is 0 Å². The molecule has 0 spiro atoms. The summed E-state index contributed by atoms with van der Waals surface area (Å²) >= 11 is 0. The van der Waals surface area contributed by atoms with Gasteiger partial charge in [0.05, 0.1) is 0 Å². The Morgan fingerprint density at radius 1 is 1.44 bits per heavy atom. The predicted octanol–water partition coefficient (Wildman–Crippen LogP) is 2.62. The van der Waals surface area contributed by atoms with Gasteiger partial charge in [-0.3, -0.25) is 4.99 Å². The fraction of sp³-hybridized carbons (Fsp3) is 0.917. The van der Waals surface area contributed by atoms with E-state index >= 15 is 0 Å². The fourth-order valence-electron chi connectivity index (χ4n) is 2.15. The van der Waals surface area contributed by atoms with E-state index in [0.29, 0.717) is 5.41 Å². The van der Waals surface area contributed by atoms with Gasteiger partial charge in [-0.1, -0.05) is 27.7 Å². The van der Waals surface area contributed by atoms with Gasteiger partial charge in [0.25, 0.3) is 0 Å². The lowest BCUT2D eigenvalue weighted by Gasteiger charge is -2.28. The van der Waals surface area contributed by atoms with Crippen LogP contribution < -0.4 is 10.6 Å². The van der Waals surface area contributed by atoms with Gasteiger partial charge in [0, 0.05) is 19.6 Å². The Hall–Kier alpha value is 0. The van der Waals surface area contributed by atoms with E-state index in [1.54, 1.807) is 0 Å². The molecule has 0 unspecified atom stereocenters. The Morgan fingerprint density at radius 2 is 2.12 bits per heavy atom. The molecule has 0 saturated carbocycles. The summed E-state index contributed by atoms with van der Waals surface area (Å²) in [6.45, 7) is 12.2. The van der Waals surface area contributed by atoms with E-state index in [0.717, 1.165) is 37.9 Å². The summed E-state index contributed by atoms with van der Waals surface area (Å²) in [6, 6.07) is 0. The van der Waals surface area contributed by atoms with Crippen LogP contribution in [0.3, 0.4) is 0 Å². The van der Waals surface area contributed by atoms with Crippen molar-refractivity contribution in [2.75, 3.05) is 19.6 Å². The minimum absolute atomic E-state index is 0. The molecule has 0 saturated heterocycles. The molecule has 1 rings (SSSR count). The van der Waals surface area contributed by atoms with Crippen LogP contribution >= 0.6 is 24.0 Å². The van der Waals surface area contributed by atoms with Gasteiger partial charge in [0.1, 0.15) is 0 Å². The molecule has 16 heavy (non-hydrogen) atoms. The van der Waals surface area contributed by atoms with Gasteiger partial charge in [-0.25, -0.2) is 0 Å². The summed E-state index contributed by atoms with van der Waals surface area (Å²) in [5.74, 6) is 1.74. The summed E-state index contributed by atoms with van der Waals surface area (Å²) in [6.07, 6.45) is 2.40. The maximum Gasteiger partial charge on any atom is 0.191 e. The second kappa shape index (κ2) is 7.35. The van der Waals surface area contributed by atoms with E-state index in [1.165, 1.54) is 6.42 Å². The van der Waals surface area contributed by atoms with Crippen LogP contribution in [0.1, 0.15) is 40.5 Å². The Morgan fingerprint density at radius 3 is 2.62 bits per heavy atom. The zero-order valence-electron chi connectivity index (χ0n) is 11.0. The molecule has 0 bridgehead atoms. The van der Waals surface area contributed by atoms with Crippen molar-refractivity contribution < 1.29 is 0 Å². The van der Waals surface area contributed by atoms with E-state index in [4.69, 9.17) is 0 Å². The fourth-order valence-corrected chi connectivity index (χ4v) is 2.15. The first kappa shape index (κ1) is 16.0. The molecule has 0 aromatic heterocycles. The van der Waals surface area contributed by atoms with Crippen molar-refractivity contribution in [2.24, 2.45) is 16.3 Å². The van der Waals surface area contributed by atoms with Crippen molar-refractivity contribution in [2.45, 2.75) is 40.5 Å². The van der Waals surface area contributed by atoms with Crippen molar-refractivity contribution in [1.82, 2.24) is 10.6 Å². The van der Waals surface area contributed by atoms with Gasteiger partial charge in [0.2, 0.25) is 0 Å². The summed E-state index contributed by atoms with van der Waals surface area (Å²) in [5, 5.41) is 6.69. The van der Waals surface area contributed by atoms with Crippen molar-refractivity contribution in [1.29, 1.82) is 0 Å². The first-order valence-corrected chi connectivity index (χ1v) is 6.02. The molecule has 1 aliphatic heterocycles. The van der Waals surface area contributed by atoms with Crippen molar-refractivity contribution >= 4 is 29.9 Å². The number of nitrogens with one attached hydrogen (secondary N) is 2. The van der Waals surface area contributed by atoms with Gasteiger partial charge in [-0.15, -0.1) is 24.0 Å². The maximum atomic E-state index is 4.41. The highest BCUT2D eigenvalue weighted by molar-refractivity contribution is 14.0. The molecular formula is C12H26IN3. The molecule has 0 fully saturated rings. The van der Waals surface area contributed by atoms with Gasteiger partial charge >= 0.3 is 0 Å². The van der Waals surface area contributed by atoms with Crippen LogP contribution in [0.25, 0.3) is 0 Å². The maximum absolute atomic E-state index is 4.41. The molecule has 0 aliphatic carbocycles. The van der Waals surface area contributed by atoms with Crippen molar-refractivity contribution in [3.8, 4) is 0 Å². The molecule has 0 atom stereocenters. The van der Waals surface area contributed by atoms with E-state index in [1.807, 2.05) is 0 Å². The number of guanidine groups is 1. The van der Waals surface area contributed by atoms with Gasteiger partial charge < -0.3 is 10.6 Å². The minimum Gasteiger partial charge on any atom is -0.356 e. The van der Waals surface area contributed by atoms with Crippen LogP contribution in [0.4, 0.5) is 0 Å². The number of nitrogens with zero attached hydrogens (tertiary/aromatic N) is 1. The minimum atomic E-state index is 0. The highest BCUT2D eigenvalue weighted by Gasteiger charge is 2.19. The number of aliphatic imine (C=N–C) groups is 1. The van der Waals surface area contributed by atoms with Gasteiger partial charge in [-0.05, 0) is 24.2 Å². The number of halogens is 1. The van der Waals surface area contributed by atoms with E-state index in [9.17, 15) is 0 Å². The third kappa shape index (κ3) is 6.55. The van der Waals surface area contributed by atoms with Crippen molar-refractivity contribution in [3.05, 3.63) is 0 Å². The summed E-state index contributed by atoms with van der Waals surface area (Å²) in [5.41, 5.74) is 0.343. The first-order valence-electron chi connectivity index (χ1n) is 6.02. The summed E-state index contributed by atoms with van der Waals surface area (Å²) in [7, 11) is 0. The highest BCUT2D eigenvalue weighted by Crippen LogP contribution is 2.23. The second-order valence-corrected chi connectivity index (χ2v) is 5.63. The second-order valence-electron chi connectivity index (χ2n) is 5.63. The summed E-state index contributed by atoms with van der Waals surface area (Å²) < 4.78 is 0. The zero-order valence-corrected chi connectivity index (χ0v) is 13.3. The third-order valence-electron chi connectivity index (χ3n) is 2.59. The van der Waals surface area contributed by atoms with E-state index in [-0.39, 0.29) is 24.0 Å². The highest BCUT2D eigenvalue weighted by atomic mass is 127.